The normalized spacial score (nSPS) is 11.1. The number of carbonyl (C=O) groups is 2. The van der Waals surface area contributed by atoms with E-state index >= 15 is 0 Å². The van der Waals surface area contributed by atoms with Gasteiger partial charge in [-0.2, -0.15) is 13.3 Å². The van der Waals surface area contributed by atoms with Crippen LogP contribution in [0.5, 0.6) is 5.75 Å². The first-order chi connectivity index (χ1) is 9.72. The molecule has 0 bridgehead atoms. The van der Waals surface area contributed by atoms with Crippen LogP contribution in [0.25, 0.3) is 0 Å². The van der Waals surface area contributed by atoms with Crippen LogP contribution in [0.4, 0.5) is 0 Å². The molecule has 0 aliphatic carbocycles. The van der Waals surface area contributed by atoms with Gasteiger partial charge in [0, 0.05) is 0 Å². The molecule has 1 aromatic carbocycles. The van der Waals surface area contributed by atoms with E-state index in [-0.39, 0.29) is 18.8 Å². The van der Waals surface area contributed by atoms with Gasteiger partial charge < -0.3 is 15.1 Å². The van der Waals surface area contributed by atoms with Crippen LogP contribution in [0.1, 0.15) is 27.1 Å². The zero-order valence-corrected chi connectivity index (χ0v) is 11.4. The molecule has 10 heteroatoms. The molecule has 0 saturated carbocycles. The van der Waals surface area contributed by atoms with E-state index in [0.29, 0.717) is 0 Å². The minimum absolute atomic E-state index is 0.0835. The molecule has 0 heterocycles. The van der Waals surface area contributed by atoms with Gasteiger partial charge in [0.25, 0.3) is 10.1 Å². The Balaban J connectivity index is 2.73. The van der Waals surface area contributed by atoms with E-state index in [9.17, 15) is 18.0 Å². The van der Waals surface area contributed by atoms with Crippen LogP contribution < -0.4 is 4.89 Å². The molecule has 0 fully saturated rings. The zero-order valence-electron chi connectivity index (χ0n) is 10.6. The average molecular weight is 320 g/mol. The highest BCUT2D eigenvalue weighted by Gasteiger charge is 2.21. The maximum absolute atomic E-state index is 11.1. The molecule has 3 N–H and O–H groups in total. The van der Waals surface area contributed by atoms with Crippen molar-refractivity contribution < 1.29 is 42.5 Å². The molecule has 116 valence electrons. The molecule has 21 heavy (non-hydrogen) atoms. The first-order valence-corrected chi connectivity index (χ1v) is 7.17. The molecule has 0 saturated heterocycles. The number of carboxylic acid groups (broad SMARTS) is 2. The summed E-state index contributed by atoms with van der Waals surface area (Å²) in [6.07, 6.45) is -0.0835. The van der Waals surface area contributed by atoms with E-state index in [1.54, 1.807) is 0 Å². The van der Waals surface area contributed by atoms with Gasteiger partial charge in [-0.05, 0) is 18.6 Å². The maximum atomic E-state index is 11.1. The third-order valence-corrected chi connectivity index (χ3v) is 3.05. The van der Waals surface area contributed by atoms with Gasteiger partial charge in [0.15, 0.2) is 5.75 Å². The van der Waals surface area contributed by atoms with E-state index in [1.165, 1.54) is 12.1 Å². The fourth-order valence-corrected chi connectivity index (χ4v) is 1.89. The molecule has 0 unspecified atom stereocenters. The highest BCUT2D eigenvalue weighted by molar-refractivity contribution is 7.85. The Morgan fingerprint density at radius 1 is 1.14 bits per heavy atom. The van der Waals surface area contributed by atoms with Crippen LogP contribution in [-0.4, -0.2) is 47.5 Å². The maximum Gasteiger partial charge on any atom is 0.340 e. The summed E-state index contributed by atoms with van der Waals surface area (Å²) in [6, 6.07) is 3.56. The van der Waals surface area contributed by atoms with Gasteiger partial charge in [-0.15, -0.1) is 0 Å². The first kappa shape index (κ1) is 16.9. The molecular formula is C11H12O9S. The Morgan fingerprint density at radius 3 is 2.33 bits per heavy atom. The van der Waals surface area contributed by atoms with Gasteiger partial charge in [0.2, 0.25) is 0 Å². The molecule has 0 aliphatic heterocycles. The summed E-state index contributed by atoms with van der Waals surface area (Å²) in [4.78, 5) is 31.3. The third-order valence-electron chi connectivity index (χ3n) is 2.25. The van der Waals surface area contributed by atoms with Gasteiger partial charge in [-0.3, -0.25) is 4.55 Å². The molecule has 0 atom stereocenters. The second kappa shape index (κ2) is 7.02. The zero-order chi connectivity index (χ0) is 16.0. The number of aromatic carboxylic acids is 2. The second-order valence-electron chi connectivity index (χ2n) is 3.83. The molecule has 0 aromatic heterocycles. The van der Waals surface area contributed by atoms with Crippen LogP contribution in [0.15, 0.2) is 18.2 Å². The Morgan fingerprint density at radius 2 is 1.81 bits per heavy atom. The standard InChI is InChI=1S/C11H12O9S/c12-10(13)7-3-1-4-8(9(7)11(14)15)20-19-5-2-6-21(16,17)18/h1,3-4H,2,5-6H2,(H,12,13)(H,14,15)(H,16,17,18). The average Bonchev–Trinajstić information content (AvgIpc) is 2.36. The summed E-state index contributed by atoms with van der Waals surface area (Å²) < 4.78 is 29.4. The van der Waals surface area contributed by atoms with Crippen molar-refractivity contribution in [1.29, 1.82) is 0 Å². The topological polar surface area (TPSA) is 147 Å². The Labute approximate surface area is 119 Å². The van der Waals surface area contributed by atoms with Crippen molar-refractivity contribution in [2.75, 3.05) is 12.4 Å². The van der Waals surface area contributed by atoms with E-state index < -0.39 is 38.9 Å². The van der Waals surface area contributed by atoms with Crippen molar-refractivity contribution in [1.82, 2.24) is 0 Å². The van der Waals surface area contributed by atoms with Crippen LogP contribution >= 0.6 is 0 Å². The molecule has 0 radical (unpaired) electrons. The summed E-state index contributed by atoms with van der Waals surface area (Å²) >= 11 is 0. The lowest BCUT2D eigenvalue weighted by Gasteiger charge is -2.09. The molecule has 9 nitrogen and oxygen atoms in total. The van der Waals surface area contributed by atoms with Gasteiger partial charge in [-0.1, -0.05) is 6.07 Å². The van der Waals surface area contributed by atoms with Crippen LogP contribution in [0.2, 0.25) is 0 Å². The number of hydrogen-bond donors (Lipinski definition) is 3. The largest absolute Gasteiger partial charge is 0.478 e. The molecule has 0 aliphatic rings. The van der Waals surface area contributed by atoms with Crippen LogP contribution in [-0.2, 0) is 15.0 Å². The summed E-state index contributed by atoms with van der Waals surface area (Å²) in [7, 11) is -4.12. The molecule has 0 spiro atoms. The summed E-state index contributed by atoms with van der Waals surface area (Å²) in [6.45, 7) is -0.240. The van der Waals surface area contributed by atoms with Crippen LogP contribution in [0.3, 0.4) is 0 Å². The lowest BCUT2D eigenvalue weighted by molar-refractivity contribution is -0.206. The van der Waals surface area contributed by atoms with Crippen molar-refractivity contribution in [3.8, 4) is 5.75 Å². The van der Waals surface area contributed by atoms with Gasteiger partial charge in [-0.25, -0.2) is 9.59 Å². The highest BCUT2D eigenvalue weighted by Crippen LogP contribution is 2.23. The van der Waals surface area contributed by atoms with Crippen molar-refractivity contribution in [3.63, 3.8) is 0 Å². The predicted molar refractivity (Wildman–Crippen MR) is 68.0 cm³/mol. The Hall–Kier alpha value is -2.17. The van der Waals surface area contributed by atoms with Crippen LogP contribution in [0, 0.1) is 0 Å². The quantitative estimate of drug-likeness (QED) is 0.272. The summed E-state index contributed by atoms with van der Waals surface area (Å²) in [5.74, 6) is -3.82. The number of carboxylic acids is 2. The van der Waals surface area contributed by atoms with E-state index in [1.807, 2.05) is 0 Å². The molecular weight excluding hydrogens is 308 g/mol. The van der Waals surface area contributed by atoms with Crippen molar-refractivity contribution in [2.24, 2.45) is 0 Å². The van der Waals surface area contributed by atoms with Gasteiger partial charge >= 0.3 is 11.9 Å². The highest BCUT2D eigenvalue weighted by atomic mass is 32.2. The van der Waals surface area contributed by atoms with Crippen molar-refractivity contribution in [3.05, 3.63) is 29.3 Å². The predicted octanol–water partition coefficient (Wildman–Crippen LogP) is 0.671. The smallest absolute Gasteiger partial charge is 0.340 e. The van der Waals surface area contributed by atoms with Crippen molar-refractivity contribution >= 4 is 22.1 Å². The summed E-state index contributed by atoms with van der Waals surface area (Å²) in [5, 5.41) is 17.9. The third kappa shape index (κ3) is 5.38. The SMILES string of the molecule is O=C(O)c1cccc(OOCCCS(=O)(=O)O)c1C(=O)O. The first-order valence-electron chi connectivity index (χ1n) is 5.56. The van der Waals surface area contributed by atoms with E-state index in [4.69, 9.17) is 14.8 Å². The number of hydrogen-bond acceptors (Lipinski definition) is 6. The van der Waals surface area contributed by atoms with Gasteiger partial charge in [0.05, 0.1) is 17.9 Å². The van der Waals surface area contributed by atoms with E-state index in [2.05, 4.69) is 9.78 Å². The fourth-order valence-electron chi connectivity index (χ4n) is 1.40. The molecule has 0 amide bonds. The minimum Gasteiger partial charge on any atom is -0.478 e. The molecule has 1 aromatic rings. The lowest BCUT2D eigenvalue weighted by Crippen LogP contribution is -2.12. The Bertz CT molecular complexity index is 635. The van der Waals surface area contributed by atoms with E-state index in [0.717, 1.165) is 6.07 Å². The fraction of sp³-hybridized carbons (Fsp3) is 0.273. The monoisotopic (exact) mass is 320 g/mol. The Kier molecular flexibility index (Phi) is 5.64. The minimum atomic E-state index is -4.12. The summed E-state index contributed by atoms with van der Waals surface area (Å²) in [5.41, 5.74) is -1.05. The van der Waals surface area contributed by atoms with Crippen molar-refractivity contribution in [2.45, 2.75) is 6.42 Å². The number of rotatable bonds is 8. The lowest BCUT2D eigenvalue weighted by atomic mass is 10.1. The van der Waals surface area contributed by atoms with Gasteiger partial charge in [0.1, 0.15) is 5.56 Å². The second-order valence-corrected chi connectivity index (χ2v) is 5.41. The number of benzene rings is 1. The molecule has 1 rings (SSSR count).